The van der Waals surface area contributed by atoms with Gasteiger partial charge in [-0.25, -0.2) is 9.78 Å². The summed E-state index contributed by atoms with van der Waals surface area (Å²) in [5, 5.41) is 5.77. The smallest absolute Gasteiger partial charge is 0.415 e. The minimum absolute atomic E-state index is 0.00720. The van der Waals surface area contributed by atoms with Crippen molar-refractivity contribution >= 4 is 28.6 Å². The molecule has 0 aliphatic carbocycles. The van der Waals surface area contributed by atoms with Crippen LogP contribution in [0.25, 0.3) is 10.8 Å². The summed E-state index contributed by atoms with van der Waals surface area (Å²) < 4.78 is 5.24. The van der Waals surface area contributed by atoms with Gasteiger partial charge in [0.1, 0.15) is 12.4 Å². The highest BCUT2D eigenvalue weighted by atomic mass is 16.6. The van der Waals surface area contributed by atoms with E-state index in [1.54, 1.807) is 17.2 Å². The Hall–Kier alpha value is -3.15. The molecule has 4 rings (SSSR count). The Labute approximate surface area is 164 Å². The van der Waals surface area contributed by atoms with Gasteiger partial charge in [-0.15, -0.1) is 0 Å². The first kappa shape index (κ1) is 18.2. The second-order valence-electron chi connectivity index (χ2n) is 7.43. The zero-order chi connectivity index (χ0) is 19.7. The molecule has 28 heavy (non-hydrogen) atoms. The van der Waals surface area contributed by atoms with E-state index in [2.05, 4.69) is 66.4 Å². The summed E-state index contributed by atoms with van der Waals surface area (Å²) in [5.74, 6) is 1.32. The highest BCUT2D eigenvalue weighted by Crippen LogP contribution is 2.28. The van der Waals surface area contributed by atoms with Gasteiger partial charge in [-0.05, 0) is 35.2 Å². The summed E-state index contributed by atoms with van der Waals surface area (Å²) in [6.45, 7) is 6.61. The molecular weight excluding hydrogens is 352 g/mol. The molecule has 2 aromatic carbocycles. The number of rotatable bonds is 5. The minimum Gasteiger partial charge on any atom is -0.447 e. The summed E-state index contributed by atoms with van der Waals surface area (Å²) in [6, 6.07) is 16.3. The Balaban J connectivity index is 1.61. The number of anilines is 2. The lowest BCUT2D eigenvalue weighted by atomic mass is 10.00. The van der Waals surface area contributed by atoms with Crippen LogP contribution < -0.4 is 10.2 Å². The number of hydrogen-bond donors (Lipinski definition) is 1. The van der Waals surface area contributed by atoms with Crippen LogP contribution in [0.15, 0.2) is 54.7 Å². The number of nitrogens with zero attached hydrogens (tertiary/aromatic N) is 3. The van der Waals surface area contributed by atoms with Crippen molar-refractivity contribution in [3.8, 4) is 0 Å². The summed E-state index contributed by atoms with van der Waals surface area (Å²) in [7, 11) is 0. The monoisotopic (exact) mass is 376 g/mol. The zero-order valence-corrected chi connectivity index (χ0v) is 16.3. The normalized spacial score (nSPS) is 17.8. The van der Waals surface area contributed by atoms with Gasteiger partial charge in [0.05, 0.1) is 12.1 Å². The summed E-state index contributed by atoms with van der Waals surface area (Å²) in [4.78, 5) is 22.8. The van der Waals surface area contributed by atoms with Gasteiger partial charge in [-0.2, -0.15) is 4.98 Å². The number of nitrogens with one attached hydrogen (secondary N) is 1. The van der Waals surface area contributed by atoms with Crippen LogP contribution in [0.2, 0.25) is 0 Å². The Kier molecular flexibility index (Phi) is 4.86. The molecule has 1 aliphatic heterocycles. The molecular formula is C22H24N4O2. The first-order chi connectivity index (χ1) is 13.5. The number of benzene rings is 2. The lowest BCUT2D eigenvalue weighted by molar-refractivity contribution is 0.177. The van der Waals surface area contributed by atoms with Crippen LogP contribution >= 0.6 is 0 Å². The van der Waals surface area contributed by atoms with Crippen LogP contribution in [0.3, 0.4) is 0 Å². The van der Waals surface area contributed by atoms with Crippen molar-refractivity contribution in [2.45, 2.75) is 32.9 Å². The van der Waals surface area contributed by atoms with Crippen molar-refractivity contribution in [3.05, 3.63) is 60.3 Å². The van der Waals surface area contributed by atoms with E-state index in [1.165, 1.54) is 16.3 Å². The maximum atomic E-state index is 12.2. The average Bonchev–Trinajstić information content (AvgIpc) is 3.09. The largest absolute Gasteiger partial charge is 0.447 e. The van der Waals surface area contributed by atoms with E-state index in [9.17, 15) is 4.79 Å². The lowest BCUT2D eigenvalue weighted by Gasteiger charge is -2.24. The Morgan fingerprint density at radius 1 is 1.11 bits per heavy atom. The molecule has 6 heteroatoms. The second-order valence-corrected chi connectivity index (χ2v) is 7.43. The topological polar surface area (TPSA) is 67.3 Å². The lowest BCUT2D eigenvalue weighted by Crippen LogP contribution is -2.37. The number of aromatic nitrogens is 2. The molecule has 1 aliphatic rings. The first-order valence-electron chi connectivity index (χ1n) is 9.58. The molecule has 2 atom stereocenters. The van der Waals surface area contributed by atoms with Gasteiger partial charge in [-0.1, -0.05) is 56.3 Å². The van der Waals surface area contributed by atoms with Crippen LogP contribution in [-0.2, 0) is 4.74 Å². The van der Waals surface area contributed by atoms with Crippen molar-refractivity contribution in [1.29, 1.82) is 0 Å². The van der Waals surface area contributed by atoms with Gasteiger partial charge >= 0.3 is 6.09 Å². The van der Waals surface area contributed by atoms with Crippen LogP contribution in [-0.4, -0.2) is 28.7 Å². The molecule has 144 valence electrons. The van der Waals surface area contributed by atoms with E-state index in [4.69, 9.17) is 4.74 Å². The fourth-order valence-corrected chi connectivity index (χ4v) is 3.64. The predicted octanol–water partition coefficient (Wildman–Crippen LogP) is 4.78. The Morgan fingerprint density at radius 3 is 2.71 bits per heavy atom. The van der Waals surface area contributed by atoms with Crippen molar-refractivity contribution in [1.82, 2.24) is 9.97 Å². The predicted molar refractivity (Wildman–Crippen MR) is 110 cm³/mol. The Morgan fingerprint density at radius 2 is 1.89 bits per heavy atom. The maximum absolute atomic E-state index is 12.2. The number of amides is 1. The molecule has 2 heterocycles. The molecule has 0 spiro atoms. The van der Waals surface area contributed by atoms with E-state index in [0.717, 1.165) is 0 Å². The molecule has 3 aromatic rings. The van der Waals surface area contributed by atoms with Gasteiger partial charge < -0.3 is 10.1 Å². The van der Waals surface area contributed by atoms with E-state index in [-0.39, 0.29) is 24.1 Å². The first-order valence-corrected chi connectivity index (χ1v) is 9.58. The molecule has 1 fully saturated rings. The van der Waals surface area contributed by atoms with Crippen molar-refractivity contribution in [2.75, 3.05) is 16.8 Å². The molecule has 1 aromatic heterocycles. The molecule has 0 bridgehead atoms. The van der Waals surface area contributed by atoms with Crippen molar-refractivity contribution in [3.63, 3.8) is 0 Å². The van der Waals surface area contributed by atoms with E-state index in [0.29, 0.717) is 18.4 Å². The van der Waals surface area contributed by atoms with Gasteiger partial charge in [0, 0.05) is 6.20 Å². The fourth-order valence-electron chi connectivity index (χ4n) is 3.64. The fraction of sp³-hybridized carbons (Fsp3) is 0.318. The van der Waals surface area contributed by atoms with Crippen LogP contribution in [0.5, 0.6) is 0 Å². The number of ether oxygens (including phenoxy) is 1. The van der Waals surface area contributed by atoms with Gasteiger partial charge in [0.25, 0.3) is 0 Å². The molecule has 1 amide bonds. The maximum Gasteiger partial charge on any atom is 0.415 e. The van der Waals surface area contributed by atoms with Gasteiger partial charge in [-0.3, -0.25) is 4.90 Å². The third-order valence-electron chi connectivity index (χ3n) is 5.20. The molecule has 1 N–H and O–H groups in total. The Bertz CT molecular complexity index is 999. The number of carbonyl (C=O) groups is 1. The number of carbonyl (C=O) groups excluding carboxylic acids is 1. The van der Waals surface area contributed by atoms with Crippen molar-refractivity contribution < 1.29 is 9.53 Å². The third-order valence-corrected chi connectivity index (χ3v) is 5.20. The van der Waals surface area contributed by atoms with Crippen LogP contribution in [0.4, 0.5) is 16.6 Å². The molecule has 6 nitrogen and oxygen atoms in total. The van der Waals surface area contributed by atoms with Crippen LogP contribution in [0, 0.1) is 5.92 Å². The molecule has 0 saturated carbocycles. The van der Waals surface area contributed by atoms with E-state index in [1.807, 2.05) is 12.1 Å². The van der Waals surface area contributed by atoms with Gasteiger partial charge in [0.2, 0.25) is 5.95 Å². The quantitative estimate of drug-likeness (QED) is 0.694. The third kappa shape index (κ3) is 3.38. The summed E-state index contributed by atoms with van der Waals surface area (Å²) >= 11 is 0. The van der Waals surface area contributed by atoms with E-state index < -0.39 is 0 Å². The summed E-state index contributed by atoms with van der Waals surface area (Å²) in [5.41, 5.74) is 1.17. The standard InChI is InChI=1S/C22H24N4O2/c1-14(2)19-13-28-22(27)26(19)20-11-12-23-21(25-20)24-15(3)17-10-6-8-16-7-4-5-9-18(16)17/h4-12,14-15,19H,13H2,1-3H3,(H,23,24,25)/t15-,19?/m0/s1. The second kappa shape index (κ2) is 7.46. The SMILES string of the molecule is CC(C)C1COC(=O)N1c1ccnc(N[C@@H](C)c2cccc3ccccc23)n1. The highest BCUT2D eigenvalue weighted by molar-refractivity contribution is 5.89. The van der Waals surface area contributed by atoms with Crippen molar-refractivity contribution in [2.24, 2.45) is 5.92 Å². The van der Waals surface area contributed by atoms with Gasteiger partial charge in [0.15, 0.2) is 0 Å². The molecule has 1 saturated heterocycles. The van der Waals surface area contributed by atoms with Crippen LogP contribution in [0.1, 0.15) is 32.4 Å². The zero-order valence-electron chi connectivity index (χ0n) is 16.3. The minimum atomic E-state index is -0.356. The highest BCUT2D eigenvalue weighted by Gasteiger charge is 2.37. The molecule has 0 radical (unpaired) electrons. The number of hydrogen-bond acceptors (Lipinski definition) is 5. The number of fused-ring (bicyclic) bond motifs is 1. The summed E-state index contributed by atoms with van der Waals surface area (Å²) in [6.07, 6.45) is 1.31. The van der Waals surface area contributed by atoms with E-state index >= 15 is 0 Å². The number of cyclic esters (lactones) is 1. The average molecular weight is 376 g/mol. The molecule has 1 unspecified atom stereocenters.